The molecule has 0 bridgehead atoms. The summed E-state index contributed by atoms with van der Waals surface area (Å²) in [4.78, 5) is 0. The highest BCUT2D eigenvalue weighted by molar-refractivity contribution is 6.59. The van der Waals surface area contributed by atoms with Gasteiger partial charge >= 0.3 is 7.12 Å². The fraction of sp³-hybridized carbons (Fsp3) is 0.500. The molecule has 0 spiro atoms. The Morgan fingerprint density at radius 2 is 2.12 bits per heavy atom. The fourth-order valence-electron chi connectivity index (χ4n) is 1.71. The van der Waals surface area contributed by atoms with Crippen molar-refractivity contribution >= 4 is 12.6 Å². The molecular weight excluding hydrogens is 219 g/mol. The lowest BCUT2D eigenvalue weighted by molar-refractivity contribution is 0.111. The molecule has 0 heterocycles. The van der Waals surface area contributed by atoms with E-state index in [2.05, 4.69) is 0 Å². The third kappa shape index (κ3) is 3.46. The summed E-state index contributed by atoms with van der Waals surface area (Å²) in [6, 6.07) is 5.14. The highest BCUT2D eigenvalue weighted by Gasteiger charge is 2.22. The molecule has 0 radical (unpaired) electrons. The molecule has 1 fully saturated rings. The zero-order chi connectivity index (χ0) is 12.3. The van der Waals surface area contributed by atoms with Crippen LogP contribution in [-0.2, 0) is 11.3 Å². The zero-order valence-corrected chi connectivity index (χ0v) is 9.93. The first-order valence-electron chi connectivity index (χ1n) is 5.81. The molecule has 1 aliphatic rings. The minimum absolute atomic E-state index is 0.390. The molecule has 17 heavy (non-hydrogen) atoms. The predicted octanol–water partition coefficient (Wildman–Crippen LogP) is 0.302. The molecule has 0 unspecified atom stereocenters. The van der Waals surface area contributed by atoms with Crippen molar-refractivity contribution in [1.29, 1.82) is 0 Å². The predicted molar refractivity (Wildman–Crippen MR) is 65.2 cm³/mol. The second kappa shape index (κ2) is 5.53. The molecule has 2 N–H and O–H groups in total. The molecule has 1 saturated carbocycles. The van der Waals surface area contributed by atoms with E-state index in [1.54, 1.807) is 25.3 Å². The van der Waals surface area contributed by atoms with E-state index in [1.165, 1.54) is 12.8 Å². The maximum Gasteiger partial charge on any atom is 0.488 e. The van der Waals surface area contributed by atoms with Gasteiger partial charge in [0.05, 0.1) is 13.7 Å². The third-order valence-electron chi connectivity index (χ3n) is 2.94. The van der Waals surface area contributed by atoms with Gasteiger partial charge in [0.1, 0.15) is 5.75 Å². The van der Waals surface area contributed by atoms with Crippen molar-refractivity contribution in [2.75, 3.05) is 13.7 Å². The first kappa shape index (κ1) is 12.4. The van der Waals surface area contributed by atoms with Gasteiger partial charge in [-0.2, -0.15) is 0 Å². The Kier molecular flexibility index (Phi) is 4.04. The van der Waals surface area contributed by atoms with Crippen LogP contribution in [-0.4, -0.2) is 30.9 Å². The Morgan fingerprint density at radius 1 is 1.35 bits per heavy atom. The van der Waals surface area contributed by atoms with Gasteiger partial charge in [0.25, 0.3) is 0 Å². The summed E-state index contributed by atoms with van der Waals surface area (Å²) in [6.07, 6.45) is 2.49. The Morgan fingerprint density at radius 3 is 2.71 bits per heavy atom. The van der Waals surface area contributed by atoms with Gasteiger partial charge in [-0.05, 0) is 41.9 Å². The van der Waals surface area contributed by atoms with Crippen LogP contribution in [0.1, 0.15) is 18.4 Å². The molecule has 2 rings (SSSR count). The fourth-order valence-corrected chi connectivity index (χ4v) is 1.71. The molecule has 4 nitrogen and oxygen atoms in total. The monoisotopic (exact) mass is 236 g/mol. The standard InChI is InChI=1S/C12H17BO4/c1-16-11-4-5-12(13(14)15)10(6-11)8-17-7-9-2-3-9/h4-6,9,14-15H,2-3,7-8H2,1H3. The smallest absolute Gasteiger partial charge is 0.488 e. The maximum atomic E-state index is 9.25. The van der Waals surface area contributed by atoms with Crippen LogP contribution in [0, 0.1) is 5.92 Å². The molecule has 5 heteroatoms. The molecule has 0 amide bonds. The number of hydrogen-bond acceptors (Lipinski definition) is 4. The second-order valence-electron chi connectivity index (χ2n) is 4.40. The maximum absolute atomic E-state index is 9.25. The van der Waals surface area contributed by atoms with Gasteiger partial charge in [-0.25, -0.2) is 0 Å². The lowest BCUT2D eigenvalue weighted by Crippen LogP contribution is -2.33. The van der Waals surface area contributed by atoms with Crippen molar-refractivity contribution in [2.24, 2.45) is 5.92 Å². The van der Waals surface area contributed by atoms with Crippen LogP contribution in [0.4, 0.5) is 0 Å². The number of benzene rings is 1. The van der Waals surface area contributed by atoms with Crippen molar-refractivity contribution in [2.45, 2.75) is 19.4 Å². The lowest BCUT2D eigenvalue weighted by atomic mass is 9.77. The molecular formula is C12H17BO4. The van der Waals surface area contributed by atoms with Crippen molar-refractivity contribution in [3.8, 4) is 5.75 Å². The third-order valence-corrected chi connectivity index (χ3v) is 2.94. The number of hydrogen-bond donors (Lipinski definition) is 2. The van der Waals surface area contributed by atoms with Gasteiger partial charge in [-0.15, -0.1) is 0 Å². The van der Waals surface area contributed by atoms with Crippen molar-refractivity contribution in [1.82, 2.24) is 0 Å². The van der Waals surface area contributed by atoms with Gasteiger partial charge < -0.3 is 19.5 Å². The average Bonchev–Trinajstić information content (AvgIpc) is 3.12. The molecule has 1 aliphatic carbocycles. The van der Waals surface area contributed by atoms with E-state index < -0.39 is 7.12 Å². The summed E-state index contributed by atoms with van der Waals surface area (Å²) >= 11 is 0. The summed E-state index contributed by atoms with van der Waals surface area (Å²) in [7, 11) is 0.111. The topological polar surface area (TPSA) is 58.9 Å². The van der Waals surface area contributed by atoms with Gasteiger partial charge in [0, 0.05) is 6.61 Å². The largest absolute Gasteiger partial charge is 0.497 e. The number of methoxy groups -OCH3 is 1. The molecule has 0 atom stereocenters. The number of ether oxygens (including phenoxy) is 2. The van der Waals surface area contributed by atoms with Crippen molar-refractivity contribution in [3.63, 3.8) is 0 Å². The molecule has 0 saturated heterocycles. The summed E-state index contributed by atoms with van der Waals surface area (Å²) in [5, 5.41) is 18.5. The normalized spacial score (nSPS) is 14.8. The first-order valence-corrected chi connectivity index (χ1v) is 5.81. The van der Waals surface area contributed by atoms with Crippen molar-refractivity contribution < 1.29 is 19.5 Å². The Hall–Kier alpha value is -1.04. The zero-order valence-electron chi connectivity index (χ0n) is 9.93. The Balaban J connectivity index is 2.03. The van der Waals surface area contributed by atoms with E-state index in [9.17, 15) is 10.0 Å². The van der Waals surface area contributed by atoms with Crippen LogP contribution >= 0.6 is 0 Å². The van der Waals surface area contributed by atoms with Gasteiger partial charge in [-0.3, -0.25) is 0 Å². The van der Waals surface area contributed by atoms with E-state index >= 15 is 0 Å². The average molecular weight is 236 g/mol. The van der Waals surface area contributed by atoms with Crippen LogP contribution in [0.15, 0.2) is 18.2 Å². The molecule has 1 aromatic carbocycles. The van der Waals surface area contributed by atoms with E-state index in [4.69, 9.17) is 9.47 Å². The van der Waals surface area contributed by atoms with E-state index in [-0.39, 0.29) is 0 Å². The van der Waals surface area contributed by atoms with Gasteiger partial charge in [0.2, 0.25) is 0 Å². The minimum Gasteiger partial charge on any atom is -0.497 e. The Labute approximate surface area is 101 Å². The summed E-state index contributed by atoms with van der Waals surface area (Å²) in [5.74, 6) is 1.39. The van der Waals surface area contributed by atoms with Crippen molar-refractivity contribution in [3.05, 3.63) is 23.8 Å². The van der Waals surface area contributed by atoms with Crippen LogP contribution < -0.4 is 10.2 Å². The summed E-state index contributed by atoms with van der Waals surface area (Å²) in [6.45, 7) is 1.14. The molecule has 92 valence electrons. The quantitative estimate of drug-likeness (QED) is 0.697. The van der Waals surface area contributed by atoms with Crippen LogP contribution in [0.2, 0.25) is 0 Å². The minimum atomic E-state index is -1.47. The van der Waals surface area contributed by atoms with Crippen LogP contribution in [0.5, 0.6) is 5.75 Å². The van der Waals surface area contributed by atoms with Gasteiger partial charge in [0.15, 0.2) is 0 Å². The van der Waals surface area contributed by atoms with Crippen LogP contribution in [0.25, 0.3) is 0 Å². The Bertz CT molecular complexity index is 377. The highest BCUT2D eigenvalue weighted by atomic mass is 16.5. The van der Waals surface area contributed by atoms with Gasteiger partial charge in [-0.1, -0.05) is 6.07 Å². The summed E-state index contributed by atoms with van der Waals surface area (Å²) in [5.41, 5.74) is 1.24. The van der Waals surface area contributed by atoms with E-state index in [1.807, 2.05) is 0 Å². The van der Waals surface area contributed by atoms with Crippen LogP contribution in [0.3, 0.4) is 0 Å². The molecule has 1 aromatic rings. The second-order valence-corrected chi connectivity index (χ2v) is 4.40. The van der Waals surface area contributed by atoms with E-state index in [0.717, 1.165) is 12.2 Å². The number of rotatable bonds is 6. The summed E-state index contributed by atoms with van der Waals surface area (Å²) < 4.78 is 10.7. The lowest BCUT2D eigenvalue weighted by Gasteiger charge is -2.11. The highest BCUT2D eigenvalue weighted by Crippen LogP contribution is 2.29. The molecule has 0 aliphatic heterocycles. The SMILES string of the molecule is COc1ccc(B(O)O)c(COCC2CC2)c1. The molecule has 0 aromatic heterocycles. The first-order chi connectivity index (χ1) is 8.20. The van der Waals surface area contributed by atoms with E-state index in [0.29, 0.717) is 23.7 Å².